The summed E-state index contributed by atoms with van der Waals surface area (Å²) in [5.74, 6) is 0. The number of non-ortho nitro benzene ring substituents is 1. The summed E-state index contributed by atoms with van der Waals surface area (Å²) in [6.07, 6.45) is 0. The van der Waals surface area contributed by atoms with Crippen LogP contribution in [0.2, 0.25) is 0 Å². The number of benzene rings is 1. The van der Waals surface area contributed by atoms with Gasteiger partial charge in [0.25, 0.3) is 0 Å². The molecule has 0 aliphatic carbocycles. The number of alkyl halides is 3. The molecule has 0 atom stereocenters. The van der Waals surface area contributed by atoms with Crippen LogP contribution < -0.4 is 0 Å². The zero-order valence-corrected chi connectivity index (χ0v) is 9.04. The molecular formula is C8H6F3NO2Se. The molecule has 0 amide bonds. The van der Waals surface area contributed by atoms with Crippen LogP contribution in [-0.4, -0.2) is 25.0 Å². The van der Waals surface area contributed by atoms with E-state index in [4.69, 9.17) is 0 Å². The van der Waals surface area contributed by atoms with Crippen LogP contribution in [-0.2, 0) is 5.32 Å². The summed E-state index contributed by atoms with van der Waals surface area (Å²) in [4.78, 5) is 9.67. The molecule has 0 bridgehead atoms. The van der Waals surface area contributed by atoms with Crippen molar-refractivity contribution in [2.45, 2.75) is 10.4 Å². The molecule has 1 aromatic rings. The van der Waals surface area contributed by atoms with Crippen molar-refractivity contribution < 1.29 is 18.1 Å². The summed E-state index contributed by atoms with van der Waals surface area (Å²) >= 11 is -1.47. The summed E-state index contributed by atoms with van der Waals surface area (Å²) in [5, 5.41) is 6.04. The molecule has 3 nitrogen and oxygen atoms in total. The second-order valence-corrected chi connectivity index (χ2v) is 4.84. The number of nitrogens with zero attached hydrogens (tertiary/aromatic N) is 1. The summed E-state index contributed by atoms with van der Waals surface area (Å²) in [6.45, 7) is 0. The van der Waals surface area contributed by atoms with E-state index < -0.39 is 25.0 Å². The Morgan fingerprint density at radius 2 is 1.80 bits per heavy atom. The van der Waals surface area contributed by atoms with Gasteiger partial charge in [0, 0.05) is 0 Å². The van der Waals surface area contributed by atoms with E-state index in [0.717, 1.165) is 0 Å². The number of nitro groups is 1. The molecule has 1 rings (SSSR count). The van der Waals surface area contributed by atoms with Crippen LogP contribution in [0.25, 0.3) is 0 Å². The minimum atomic E-state index is -4.13. The van der Waals surface area contributed by atoms with Gasteiger partial charge in [0.05, 0.1) is 0 Å². The van der Waals surface area contributed by atoms with E-state index >= 15 is 0 Å². The predicted octanol–water partition coefficient (Wildman–Crippen LogP) is 2.32. The molecule has 0 aromatic heterocycles. The van der Waals surface area contributed by atoms with Gasteiger partial charge in [0.2, 0.25) is 0 Å². The zero-order chi connectivity index (χ0) is 11.5. The normalized spacial score (nSPS) is 11.4. The molecule has 1 aromatic carbocycles. The van der Waals surface area contributed by atoms with Crippen molar-refractivity contribution in [1.82, 2.24) is 0 Å². The van der Waals surface area contributed by atoms with Gasteiger partial charge in [0.1, 0.15) is 0 Å². The van der Waals surface area contributed by atoms with Crippen molar-refractivity contribution in [3.05, 3.63) is 39.9 Å². The van der Waals surface area contributed by atoms with Gasteiger partial charge in [-0.15, -0.1) is 0 Å². The van der Waals surface area contributed by atoms with Crippen molar-refractivity contribution >= 4 is 20.6 Å². The molecule has 0 spiro atoms. The Morgan fingerprint density at radius 3 is 2.20 bits per heavy atom. The van der Waals surface area contributed by atoms with E-state index in [1.165, 1.54) is 24.3 Å². The van der Waals surface area contributed by atoms with Gasteiger partial charge >= 0.3 is 89.1 Å². The summed E-state index contributed by atoms with van der Waals surface area (Å²) in [6, 6.07) is 5.13. The van der Waals surface area contributed by atoms with E-state index in [1.54, 1.807) is 0 Å². The molecule has 0 radical (unpaired) electrons. The fourth-order valence-corrected chi connectivity index (χ4v) is 1.98. The van der Waals surface area contributed by atoms with Crippen LogP contribution in [0.1, 0.15) is 5.56 Å². The van der Waals surface area contributed by atoms with E-state index in [0.29, 0.717) is 5.56 Å². The van der Waals surface area contributed by atoms with E-state index in [2.05, 4.69) is 0 Å². The van der Waals surface area contributed by atoms with Crippen LogP contribution in [0.4, 0.5) is 18.9 Å². The number of halogens is 3. The molecule has 0 saturated heterocycles. The average Bonchev–Trinajstić information content (AvgIpc) is 2.14. The molecule has 0 N–H and O–H groups in total. The van der Waals surface area contributed by atoms with Gasteiger partial charge in [-0.1, -0.05) is 0 Å². The molecular weight excluding hydrogens is 278 g/mol. The van der Waals surface area contributed by atoms with Gasteiger partial charge in [-0.25, -0.2) is 0 Å². The standard InChI is InChI=1S/C8H6F3NO2Se/c9-8(10,11)15-5-6-1-3-7(4-2-6)12(13)14/h1-4H,5H2. The first-order valence-corrected chi connectivity index (χ1v) is 5.89. The molecule has 7 heteroatoms. The van der Waals surface area contributed by atoms with Gasteiger partial charge in [-0.2, -0.15) is 0 Å². The van der Waals surface area contributed by atoms with Crippen LogP contribution in [0.5, 0.6) is 0 Å². The number of hydrogen-bond acceptors (Lipinski definition) is 2. The Balaban J connectivity index is 2.61. The minimum absolute atomic E-state index is 0.0888. The quantitative estimate of drug-likeness (QED) is 0.485. The SMILES string of the molecule is O=[N+]([O-])c1ccc(C[Se]C(F)(F)F)cc1. The van der Waals surface area contributed by atoms with Crippen LogP contribution >= 0.6 is 0 Å². The maximum atomic E-state index is 11.9. The van der Waals surface area contributed by atoms with E-state index in [9.17, 15) is 23.3 Å². The van der Waals surface area contributed by atoms with Gasteiger partial charge < -0.3 is 0 Å². The topological polar surface area (TPSA) is 43.1 Å². The molecule has 0 aliphatic heterocycles. The van der Waals surface area contributed by atoms with Gasteiger partial charge in [-0.05, 0) is 0 Å². The Morgan fingerprint density at radius 1 is 1.27 bits per heavy atom. The molecule has 0 aliphatic rings. The number of nitro benzene ring substituents is 1. The Labute approximate surface area is 89.6 Å². The molecule has 82 valence electrons. The van der Waals surface area contributed by atoms with Gasteiger partial charge in [0.15, 0.2) is 0 Å². The second-order valence-electron chi connectivity index (χ2n) is 2.66. The Hall–Kier alpha value is -1.07. The molecule has 0 fully saturated rings. The van der Waals surface area contributed by atoms with Crippen LogP contribution in [0.3, 0.4) is 0 Å². The molecule has 0 unspecified atom stereocenters. The fraction of sp³-hybridized carbons (Fsp3) is 0.250. The van der Waals surface area contributed by atoms with Crippen molar-refractivity contribution in [1.29, 1.82) is 0 Å². The van der Waals surface area contributed by atoms with Crippen LogP contribution in [0, 0.1) is 10.1 Å². The third-order valence-corrected chi connectivity index (χ3v) is 3.24. The summed E-state index contributed by atoms with van der Waals surface area (Å²) in [7, 11) is 0. The third-order valence-electron chi connectivity index (χ3n) is 1.55. The van der Waals surface area contributed by atoms with Gasteiger partial charge in [-0.3, -0.25) is 0 Å². The average molecular weight is 284 g/mol. The first kappa shape index (κ1) is 12.0. The number of rotatable bonds is 3. The zero-order valence-electron chi connectivity index (χ0n) is 7.32. The first-order valence-electron chi connectivity index (χ1n) is 3.82. The predicted molar refractivity (Wildman–Crippen MR) is 48.6 cm³/mol. The Bertz CT molecular complexity index is 350. The Kier molecular flexibility index (Phi) is 3.71. The summed E-state index contributed by atoms with van der Waals surface area (Å²) in [5.41, 5.74) is 0.358. The third kappa shape index (κ3) is 4.31. The van der Waals surface area contributed by atoms with E-state index in [1.807, 2.05) is 0 Å². The van der Waals surface area contributed by atoms with E-state index in [-0.39, 0.29) is 11.0 Å². The first-order chi connectivity index (χ1) is 6.88. The number of hydrogen-bond donors (Lipinski definition) is 0. The monoisotopic (exact) mass is 285 g/mol. The molecule has 15 heavy (non-hydrogen) atoms. The second kappa shape index (κ2) is 4.63. The van der Waals surface area contributed by atoms with Crippen molar-refractivity contribution in [2.24, 2.45) is 0 Å². The summed E-state index contributed by atoms with van der Waals surface area (Å²) < 4.78 is 35.6. The van der Waals surface area contributed by atoms with Crippen LogP contribution in [0.15, 0.2) is 24.3 Å². The fourth-order valence-electron chi connectivity index (χ4n) is 0.879. The van der Waals surface area contributed by atoms with Crippen molar-refractivity contribution in [2.75, 3.05) is 0 Å². The molecule has 0 saturated carbocycles. The van der Waals surface area contributed by atoms with Crippen molar-refractivity contribution in [3.8, 4) is 0 Å². The molecule has 0 heterocycles. The maximum absolute atomic E-state index is 11.9. The van der Waals surface area contributed by atoms with Crippen molar-refractivity contribution in [3.63, 3.8) is 0 Å².